The Bertz CT molecular complexity index is 1600. The minimum absolute atomic E-state index is 0.00773. The van der Waals surface area contributed by atoms with Crippen LogP contribution in [0, 0.1) is 17.0 Å². The maximum Gasteiger partial charge on any atom is 0.330 e. The van der Waals surface area contributed by atoms with Gasteiger partial charge < -0.3 is 19.5 Å². The summed E-state index contributed by atoms with van der Waals surface area (Å²) in [4.78, 5) is 51.2. The van der Waals surface area contributed by atoms with Gasteiger partial charge in [0.1, 0.15) is 41.1 Å². The molecule has 15 heteroatoms. The molecule has 2 amide bonds. The van der Waals surface area contributed by atoms with Gasteiger partial charge in [0.05, 0.1) is 30.5 Å². The zero-order chi connectivity index (χ0) is 29.8. The van der Waals surface area contributed by atoms with Crippen LogP contribution >= 0.6 is 23.2 Å². The number of aromatic nitrogens is 1. The number of nitro groups is 1. The number of halogens is 2. The minimum atomic E-state index is -1.76. The molecule has 2 fully saturated rings. The van der Waals surface area contributed by atoms with Gasteiger partial charge in [-0.15, -0.1) is 0 Å². The Kier molecular flexibility index (Phi) is 7.38. The van der Waals surface area contributed by atoms with Gasteiger partial charge in [-0.25, -0.2) is 4.79 Å². The molecule has 1 unspecified atom stereocenters. The van der Waals surface area contributed by atoms with Crippen LogP contribution in [0.4, 0.5) is 5.69 Å². The van der Waals surface area contributed by atoms with E-state index in [-0.39, 0.29) is 44.9 Å². The van der Waals surface area contributed by atoms with Crippen molar-refractivity contribution in [3.63, 3.8) is 0 Å². The molecule has 2 aromatic carbocycles. The summed E-state index contributed by atoms with van der Waals surface area (Å²) in [5, 5.41) is 16.9. The maximum absolute atomic E-state index is 13.5. The molecule has 41 heavy (non-hydrogen) atoms. The van der Waals surface area contributed by atoms with E-state index in [9.17, 15) is 28.7 Å². The number of ether oxygens (including phenoxy) is 1. The molecule has 12 nitrogen and oxygen atoms in total. The quantitative estimate of drug-likeness (QED) is 0.179. The van der Waals surface area contributed by atoms with E-state index in [0.717, 1.165) is 0 Å². The highest BCUT2D eigenvalue weighted by Crippen LogP contribution is 2.44. The molecule has 1 N–H and O–H groups in total. The Hall–Kier alpha value is -3.81. The van der Waals surface area contributed by atoms with Crippen molar-refractivity contribution in [2.75, 3.05) is 0 Å². The number of fused-ring (bicyclic) bond motifs is 1. The fourth-order valence-electron chi connectivity index (χ4n) is 4.97. The van der Waals surface area contributed by atoms with Crippen LogP contribution < -0.4 is 5.32 Å². The third-order valence-electron chi connectivity index (χ3n) is 7.08. The van der Waals surface area contributed by atoms with Crippen molar-refractivity contribution in [2.45, 2.75) is 49.6 Å². The highest BCUT2D eigenvalue weighted by molar-refractivity contribution is 7.87. The summed E-state index contributed by atoms with van der Waals surface area (Å²) < 4.78 is 22.9. The van der Waals surface area contributed by atoms with Crippen LogP contribution in [0.2, 0.25) is 10.0 Å². The predicted octanol–water partition coefficient (Wildman–Crippen LogP) is 3.78. The second kappa shape index (κ2) is 10.5. The molecule has 3 heterocycles. The average molecular weight is 621 g/mol. The van der Waals surface area contributed by atoms with E-state index in [2.05, 4.69) is 10.5 Å². The molecule has 0 saturated carbocycles. The van der Waals surface area contributed by atoms with Crippen LogP contribution in [0.1, 0.15) is 35.5 Å². The lowest BCUT2D eigenvalue weighted by Crippen LogP contribution is -2.71. The summed E-state index contributed by atoms with van der Waals surface area (Å²) in [6, 6.07) is 7.88. The largest absolute Gasteiger partial charge is 0.459 e. The van der Waals surface area contributed by atoms with E-state index in [1.807, 2.05) is 0 Å². The predicted molar refractivity (Wildman–Crippen MR) is 147 cm³/mol. The molecule has 0 bridgehead atoms. The molecule has 4 atom stereocenters. The van der Waals surface area contributed by atoms with Crippen LogP contribution in [-0.4, -0.2) is 59.2 Å². The molecule has 0 aliphatic carbocycles. The molecule has 5 rings (SSSR count). The number of nitro benzene ring substituents is 1. The number of rotatable bonds is 7. The van der Waals surface area contributed by atoms with Crippen molar-refractivity contribution < 1.29 is 32.8 Å². The summed E-state index contributed by atoms with van der Waals surface area (Å²) in [6.07, 6.45) is 0. The number of carbonyl (C=O) groups is 3. The van der Waals surface area contributed by atoms with Crippen molar-refractivity contribution in [2.24, 2.45) is 0 Å². The number of carbonyl (C=O) groups excluding carboxylic acids is 3. The van der Waals surface area contributed by atoms with Gasteiger partial charge in [-0.3, -0.25) is 23.9 Å². The van der Waals surface area contributed by atoms with E-state index >= 15 is 0 Å². The molecule has 2 aliphatic rings. The lowest BCUT2D eigenvalue weighted by atomic mass is 9.95. The van der Waals surface area contributed by atoms with Gasteiger partial charge in [0.15, 0.2) is 0 Å². The standard InChI is InChI=1S/C26H22Cl2N4O8S/c1-12-17(19(30-40-12)18-15(27)5-4-6-16(18)28)22(33)29-20-23(34)31-21(26(2,3)41(38)24(20)31)25(35)39-11-13-7-9-14(10-8-13)32(36)37/h4-10,20-21,24H,11H2,1-3H3,(H,29,33)/t20-,21?,24-,41-/m1/s1. The second-order valence-corrected chi connectivity index (χ2v) is 12.9. The van der Waals surface area contributed by atoms with E-state index < -0.39 is 55.7 Å². The summed E-state index contributed by atoms with van der Waals surface area (Å²) in [5.74, 6) is -1.96. The van der Waals surface area contributed by atoms with Gasteiger partial charge in [0.25, 0.3) is 11.6 Å². The molecule has 2 aliphatic heterocycles. The van der Waals surface area contributed by atoms with Crippen molar-refractivity contribution in [3.8, 4) is 11.3 Å². The number of benzene rings is 2. The SMILES string of the molecule is Cc1onc(-c2c(Cl)cccc2Cl)c1C(=O)N[C@@H]1C(=O)N2C(C(=O)OCc3ccc([N+](=O)[O-])cc3)C(C)(C)[S@](=O)[C@H]12. The highest BCUT2D eigenvalue weighted by atomic mass is 35.5. The number of amides is 2. The number of hydrogen-bond acceptors (Lipinski definition) is 9. The van der Waals surface area contributed by atoms with Gasteiger partial charge in [-0.05, 0) is 50.6 Å². The summed E-state index contributed by atoms with van der Waals surface area (Å²) in [5.41, 5.74) is 0.753. The molecule has 1 aromatic heterocycles. The van der Waals surface area contributed by atoms with Crippen molar-refractivity contribution in [1.82, 2.24) is 15.4 Å². The highest BCUT2D eigenvalue weighted by Gasteiger charge is 2.68. The lowest BCUT2D eigenvalue weighted by Gasteiger charge is -2.43. The van der Waals surface area contributed by atoms with Gasteiger partial charge in [0.2, 0.25) is 5.91 Å². The average Bonchev–Trinajstić information content (AvgIpc) is 3.38. The first kappa shape index (κ1) is 28.7. The first-order valence-electron chi connectivity index (χ1n) is 12.2. The molecule has 3 aromatic rings. The van der Waals surface area contributed by atoms with Gasteiger partial charge in [-0.1, -0.05) is 34.4 Å². The van der Waals surface area contributed by atoms with Crippen LogP contribution in [0.15, 0.2) is 47.0 Å². The second-order valence-electron chi connectivity index (χ2n) is 9.98. The van der Waals surface area contributed by atoms with Crippen LogP contribution in [-0.2, 0) is 31.7 Å². The number of hydrogen-bond donors (Lipinski definition) is 1. The Morgan fingerprint density at radius 3 is 2.44 bits per heavy atom. The van der Waals surface area contributed by atoms with Gasteiger partial charge >= 0.3 is 5.97 Å². The molecular weight excluding hydrogens is 599 g/mol. The molecule has 0 spiro atoms. The number of non-ortho nitro benzene ring substituents is 1. The van der Waals surface area contributed by atoms with E-state index in [1.165, 1.54) is 36.1 Å². The van der Waals surface area contributed by atoms with Crippen LogP contribution in [0.5, 0.6) is 0 Å². The zero-order valence-electron chi connectivity index (χ0n) is 21.8. The summed E-state index contributed by atoms with van der Waals surface area (Å²) in [7, 11) is -1.76. The Balaban J connectivity index is 1.33. The Morgan fingerprint density at radius 2 is 1.83 bits per heavy atom. The molecule has 2 saturated heterocycles. The first-order chi connectivity index (χ1) is 19.3. The lowest BCUT2D eigenvalue weighted by molar-refractivity contribution is -0.384. The third kappa shape index (κ3) is 4.77. The maximum atomic E-state index is 13.5. The topological polar surface area (TPSA) is 162 Å². The number of nitrogens with one attached hydrogen (secondary N) is 1. The van der Waals surface area contributed by atoms with Crippen LogP contribution in [0.25, 0.3) is 11.3 Å². The van der Waals surface area contributed by atoms with E-state index in [4.69, 9.17) is 32.5 Å². The number of esters is 1. The first-order valence-corrected chi connectivity index (χ1v) is 14.2. The summed E-state index contributed by atoms with van der Waals surface area (Å²) >= 11 is 12.6. The smallest absolute Gasteiger partial charge is 0.330 e. The van der Waals surface area contributed by atoms with Crippen LogP contribution in [0.3, 0.4) is 0 Å². The fourth-order valence-corrected chi connectivity index (χ4v) is 7.46. The molecule has 0 radical (unpaired) electrons. The Morgan fingerprint density at radius 1 is 1.20 bits per heavy atom. The third-order valence-corrected chi connectivity index (χ3v) is 9.91. The van der Waals surface area contributed by atoms with Crippen molar-refractivity contribution in [3.05, 3.63) is 79.5 Å². The zero-order valence-corrected chi connectivity index (χ0v) is 24.1. The normalized spacial score (nSPS) is 22.6. The number of aryl methyl sites for hydroxylation is 1. The molecule has 214 valence electrons. The number of nitrogens with zero attached hydrogens (tertiary/aromatic N) is 3. The summed E-state index contributed by atoms with van der Waals surface area (Å²) in [6.45, 7) is 4.46. The van der Waals surface area contributed by atoms with E-state index in [0.29, 0.717) is 5.56 Å². The van der Waals surface area contributed by atoms with Gasteiger partial charge in [0, 0.05) is 17.7 Å². The molecular formula is C26H22Cl2N4O8S. The minimum Gasteiger partial charge on any atom is -0.459 e. The Labute approximate surface area is 245 Å². The van der Waals surface area contributed by atoms with Gasteiger partial charge in [-0.2, -0.15) is 0 Å². The van der Waals surface area contributed by atoms with Crippen molar-refractivity contribution >= 4 is 57.5 Å². The van der Waals surface area contributed by atoms with Crippen molar-refractivity contribution in [1.29, 1.82) is 0 Å². The van der Waals surface area contributed by atoms with E-state index in [1.54, 1.807) is 32.0 Å². The number of β-lactam (4-membered cyclic amide) rings is 1. The monoisotopic (exact) mass is 620 g/mol. The fraction of sp³-hybridized carbons (Fsp3) is 0.308.